The van der Waals surface area contributed by atoms with E-state index in [-0.39, 0.29) is 12.2 Å². The molecule has 0 saturated carbocycles. The summed E-state index contributed by atoms with van der Waals surface area (Å²) in [6.07, 6.45) is 1.27. The minimum atomic E-state index is -0.483. The third-order valence-corrected chi connectivity index (χ3v) is 5.66. The number of fused-ring (bicyclic) bond motifs is 1. The Morgan fingerprint density at radius 3 is 2.48 bits per heavy atom. The monoisotopic (exact) mass is 420 g/mol. The third-order valence-electron chi connectivity index (χ3n) is 5.66. The lowest BCUT2D eigenvalue weighted by atomic mass is 9.88. The van der Waals surface area contributed by atoms with Crippen molar-refractivity contribution >= 4 is 6.09 Å². The molecule has 0 aromatic heterocycles. The van der Waals surface area contributed by atoms with Crippen molar-refractivity contribution in [1.82, 2.24) is 4.90 Å². The molecular weight excluding hydrogens is 392 g/mol. The van der Waals surface area contributed by atoms with Crippen LogP contribution in [-0.4, -0.2) is 36.3 Å². The minimum absolute atomic E-state index is 0.204. The molecule has 2 heterocycles. The molecule has 0 bridgehead atoms. The van der Waals surface area contributed by atoms with Gasteiger partial charge < -0.3 is 19.1 Å². The van der Waals surface area contributed by atoms with Crippen molar-refractivity contribution in [1.29, 1.82) is 5.26 Å². The summed E-state index contributed by atoms with van der Waals surface area (Å²) in [6, 6.07) is 15.6. The van der Waals surface area contributed by atoms with Crippen LogP contribution in [-0.2, 0) is 4.74 Å². The molecule has 2 aromatic rings. The van der Waals surface area contributed by atoms with E-state index >= 15 is 0 Å². The quantitative estimate of drug-likeness (QED) is 0.669. The number of para-hydroxylation sites is 1. The fraction of sp³-hybridized carbons (Fsp3) is 0.440. The summed E-state index contributed by atoms with van der Waals surface area (Å²) in [4.78, 5) is 14.1. The van der Waals surface area contributed by atoms with E-state index < -0.39 is 5.60 Å². The zero-order valence-corrected chi connectivity index (χ0v) is 18.3. The Balaban J connectivity index is 1.43. The maximum absolute atomic E-state index is 12.3. The summed E-state index contributed by atoms with van der Waals surface area (Å²) in [5, 5.41) is 8.99. The van der Waals surface area contributed by atoms with Gasteiger partial charge in [-0.15, -0.1) is 0 Å². The first kappa shape index (κ1) is 21.0. The van der Waals surface area contributed by atoms with E-state index in [2.05, 4.69) is 12.1 Å². The van der Waals surface area contributed by atoms with Gasteiger partial charge in [0.1, 0.15) is 12.2 Å². The van der Waals surface area contributed by atoms with E-state index in [1.165, 1.54) is 0 Å². The number of hydrogen-bond acceptors (Lipinski definition) is 5. The molecule has 2 aliphatic rings. The Morgan fingerprint density at radius 2 is 1.84 bits per heavy atom. The Kier molecular flexibility index (Phi) is 5.77. The molecule has 0 spiro atoms. The predicted molar refractivity (Wildman–Crippen MR) is 116 cm³/mol. The van der Waals surface area contributed by atoms with E-state index in [0.717, 1.165) is 35.5 Å². The minimum Gasteiger partial charge on any atom is -0.485 e. The molecule has 0 radical (unpaired) electrons. The maximum Gasteiger partial charge on any atom is 0.410 e. The molecule has 4 rings (SSSR count). The topological polar surface area (TPSA) is 71.8 Å². The van der Waals surface area contributed by atoms with Crippen molar-refractivity contribution in [2.24, 2.45) is 0 Å². The molecule has 0 aliphatic carbocycles. The van der Waals surface area contributed by atoms with Gasteiger partial charge >= 0.3 is 6.09 Å². The fourth-order valence-electron chi connectivity index (χ4n) is 4.08. The molecule has 6 heteroatoms. The number of hydrogen-bond donors (Lipinski definition) is 0. The molecule has 162 valence electrons. The average molecular weight is 421 g/mol. The van der Waals surface area contributed by atoms with E-state index in [1.54, 1.807) is 17.0 Å². The lowest BCUT2D eigenvalue weighted by Crippen LogP contribution is -2.41. The van der Waals surface area contributed by atoms with Gasteiger partial charge in [0.05, 0.1) is 11.6 Å². The molecule has 6 nitrogen and oxygen atoms in total. The fourth-order valence-corrected chi connectivity index (χ4v) is 4.08. The zero-order valence-electron chi connectivity index (χ0n) is 18.3. The van der Waals surface area contributed by atoms with Gasteiger partial charge in [-0.1, -0.05) is 24.3 Å². The summed E-state index contributed by atoms with van der Waals surface area (Å²) < 4.78 is 17.9. The average Bonchev–Trinajstić information content (AvgIpc) is 2.77. The normalized spacial score (nSPS) is 18.9. The summed E-state index contributed by atoms with van der Waals surface area (Å²) >= 11 is 0. The van der Waals surface area contributed by atoms with Crippen LogP contribution in [0.2, 0.25) is 0 Å². The van der Waals surface area contributed by atoms with Gasteiger partial charge in [0.25, 0.3) is 0 Å². The lowest BCUT2D eigenvalue weighted by molar-refractivity contribution is 0.0203. The summed E-state index contributed by atoms with van der Waals surface area (Å²) in [7, 11) is 0. The number of nitriles is 1. The molecule has 1 fully saturated rings. The Hall–Kier alpha value is -3.20. The Morgan fingerprint density at radius 1 is 1.13 bits per heavy atom. The van der Waals surface area contributed by atoms with Crippen molar-refractivity contribution in [3.05, 3.63) is 59.2 Å². The molecule has 31 heavy (non-hydrogen) atoms. The molecule has 2 aliphatic heterocycles. The number of piperidine rings is 1. The van der Waals surface area contributed by atoms with Gasteiger partial charge in [-0.3, -0.25) is 0 Å². The van der Waals surface area contributed by atoms with Crippen LogP contribution in [0.1, 0.15) is 62.3 Å². The molecule has 0 N–H and O–H groups in total. The summed E-state index contributed by atoms with van der Waals surface area (Å²) in [5.74, 6) is 1.86. The number of rotatable bonds is 2. The van der Waals surface area contributed by atoms with Crippen LogP contribution in [0.15, 0.2) is 42.5 Å². The van der Waals surface area contributed by atoms with Crippen LogP contribution >= 0.6 is 0 Å². The van der Waals surface area contributed by atoms with Crippen molar-refractivity contribution in [3.8, 4) is 17.6 Å². The second-order valence-corrected chi connectivity index (χ2v) is 9.07. The van der Waals surface area contributed by atoms with Crippen LogP contribution in [0.25, 0.3) is 0 Å². The molecular formula is C25H28N2O4. The predicted octanol–water partition coefficient (Wildman–Crippen LogP) is 5.19. The van der Waals surface area contributed by atoms with Gasteiger partial charge in [-0.25, -0.2) is 4.79 Å². The van der Waals surface area contributed by atoms with Gasteiger partial charge in [-0.05, 0) is 63.3 Å². The second-order valence-electron chi connectivity index (χ2n) is 9.07. The van der Waals surface area contributed by atoms with Gasteiger partial charge in [0, 0.05) is 18.7 Å². The molecule has 1 saturated heterocycles. The van der Waals surface area contributed by atoms with Gasteiger partial charge in [-0.2, -0.15) is 5.26 Å². The second kappa shape index (κ2) is 8.50. The van der Waals surface area contributed by atoms with Gasteiger partial charge in [0.2, 0.25) is 0 Å². The standard InChI is InChI=1S/C25H28N2O4/c1-25(2,3)31-24(28)27-13-11-18(12-14-27)20-5-4-6-21-23(20)29-16-22(30-21)19-9-7-17(15-26)8-10-19/h4-10,18,22H,11-14,16H2,1-3H3. The Labute approximate surface area is 183 Å². The van der Waals surface area contributed by atoms with E-state index in [1.807, 2.05) is 45.0 Å². The number of carbonyl (C=O) groups is 1. The number of likely N-dealkylation sites (tertiary alicyclic amines) is 1. The SMILES string of the molecule is CC(C)(C)OC(=O)N1CCC(c2cccc3c2OCC(c2ccc(C#N)cc2)O3)CC1. The summed E-state index contributed by atoms with van der Waals surface area (Å²) in [5.41, 5.74) is 2.27. The highest BCUT2D eigenvalue weighted by Gasteiger charge is 2.31. The highest BCUT2D eigenvalue weighted by Crippen LogP contribution is 2.44. The number of ether oxygens (including phenoxy) is 3. The first-order valence-electron chi connectivity index (χ1n) is 10.7. The maximum atomic E-state index is 12.3. The van der Waals surface area contributed by atoms with Crippen LogP contribution in [0.3, 0.4) is 0 Å². The van der Waals surface area contributed by atoms with Gasteiger partial charge in [0.15, 0.2) is 17.6 Å². The van der Waals surface area contributed by atoms with E-state index in [0.29, 0.717) is 31.2 Å². The molecule has 1 amide bonds. The van der Waals surface area contributed by atoms with Crippen molar-refractivity contribution in [2.45, 2.75) is 51.2 Å². The number of amides is 1. The largest absolute Gasteiger partial charge is 0.485 e. The number of carbonyl (C=O) groups excluding carboxylic acids is 1. The first-order valence-corrected chi connectivity index (χ1v) is 10.7. The van der Waals surface area contributed by atoms with Crippen LogP contribution < -0.4 is 9.47 Å². The number of nitrogens with zero attached hydrogens (tertiary/aromatic N) is 2. The van der Waals surface area contributed by atoms with E-state index in [4.69, 9.17) is 19.5 Å². The van der Waals surface area contributed by atoms with Crippen molar-refractivity contribution in [2.75, 3.05) is 19.7 Å². The highest BCUT2D eigenvalue weighted by atomic mass is 16.6. The van der Waals surface area contributed by atoms with Crippen molar-refractivity contribution in [3.63, 3.8) is 0 Å². The van der Waals surface area contributed by atoms with Crippen molar-refractivity contribution < 1.29 is 19.0 Å². The molecule has 1 unspecified atom stereocenters. The third kappa shape index (κ3) is 4.77. The van der Waals surface area contributed by atoms with Crippen LogP contribution in [0.5, 0.6) is 11.5 Å². The highest BCUT2D eigenvalue weighted by molar-refractivity contribution is 5.68. The van der Waals surface area contributed by atoms with Crippen LogP contribution in [0, 0.1) is 11.3 Å². The first-order chi connectivity index (χ1) is 14.8. The number of benzene rings is 2. The zero-order chi connectivity index (χ0) is 22.0. The molecule has 2 aromatic carbocycles. The Bertz CT molecular complexity index is 980. The van der Waals surface area contributed by atoms with E-state index in [9.17, 15) is 4.79 Å². The molecule has 1 atom stereocenters. The smallest absolute Gasteiger partial charge is 0.410 e. The van der Waals surface area contributed by atoms with Crippen LogP contribution in [0.4, 0.5) is 4.79 Å². The lowest BCUT2D eigenvalue weighted by Gasteiger charge is -2.35. The summed E-state index contributed by atoms with van der Waals surface area (Å²) in [6.45, 7) is 7.41.